The van der Waals surface area contributed by atoms with Crippen LogP contribution in [0.4, 0.5) is 10.1 Å². The van der Waals surface area contributed by atoms with E-state index in [9.17, 15) is 4.39 Å². The van der Waals surface area contributed by atoms with Gasteiger partial charge in [-0.25, -0.2) is 4.39 Å². The Hall–Kier alpha value is -1.10. The summed E-state index contributed by atoms with van der Waals surface area (Å²) in [5.41, 5.74) is 3.69. The van der Waals surface area contributed by atoms with Gasteiger partial charge in [0.1, 0.15) is 5.82 Å². The Morgan fingerprint density at radius 2 is 1.84 bits per heavy atom. The van der Waals surface area contributed by atoms with Gasteiger partial charge in [0.05, 0.1) is 0 Å². The van der Waals surface area contributed by atoms with Gasteiger partial charge in [0.15, 0.2) is 0 Å². The van der Waals surface area contributed by atoms with Crippen molar-refractivity contribution in [2.75, 3.05) is 5.32 Å². The molecule has 1 aliphatic rings. The number of nitrogens with one attached hydrogen (secondary N) is 1. The summed E-state index contributed by atoms with van der Waals surface area (Å²) in [5.74, 6) is 0.615. The Labute approximate surface area is 126 Å². The molecule has 1 fully saturated rings. The predicted octanol–water partition coefficient (Wildman–Crippen LogP) is 4.92. The van der Waals surface area contributed by atoms with Gasteiger partial charge >= 0.3 is 0 Å². The highest BCUT2D eigenvalue weighted by atomic mass is 127. The summed E-state index contributed by atoms with van der Waals surface area (Å²) in [6.07, 6.45) is 2.68. The molecule has 98 valence electrons. The zero-order valence-corrected chi connectivity index (χ0v) is 12.7. The highest BCUT2D eigenvalue weighted by Gasteiger charge is 2.22. The van der Waals surface area contributed by atoms with Gasteiger partial charge < -0.3 is 5.32 Å². The van der Waals surface area contributed by atoms with Crippen molar-refractivity contribution in [3.63, 3.8) is 0 Å². The first-order valence-corrected chi connectivity index (χ1v) is 7.58. The largest absolute Gasteiger partial charge is 0.380 e. The zero-order chi connectivity index (χ0) is 13.2. The third-order valence-corrected chi connectivity index (χ3v) is 4.34. The fourth-order valence-corrected chi connectivity index (χ4v) is 2.82. The van der Waals surface area contributed by atoms with Gasteiger partial charge in [-0.3, -0.25) is 0 Å². The van der Waals surface area contributed by atoms with Gasteiger partial charge in [0, 0.05) is 15.8 Å². The van der Waals surface area contributed by atoms with Crippen molar-refractivity contribution in [2.45, 2.75) is 25.3 Å². The molecule has 0 radical (unpaired) electrons. The van der Waals surface area contributed by atoms with E-state index in [0.29, 0.717) is 0 Å². The van der Waals surface area contributed by atoms with Gasteiger partial charge in [0.25, 0.3) is 0 Å². The summed E-state index contributed by atoms with van der Waals surface area (Å²) < 4.78 is 13.9. The van der Waals surface area contributed by atoms with E-state index < -0.39 is 0 Å². The van der Waals surface area contributed by atoms with Crippen LogP contribution in [0.3, 0.4) is 0 Å². The van der Waals surface area contributed by atoms with Crippen LogP contribution in [0.1, 0.15) is 29.9 Å². The van der Waals surface area contributed by atoms with Gasteiger partial charge in [-0.15, -0.1) is 0 Å². The van der Waals surface area contributed by atoms with Crippen LogP contribution in [-0.2, 0) is 6.54 Å². The Kier molecular flexibility index (Phi) is 3.73. The summed E-state index contributed by atoms with van der Waals surface area (Å²) in [4.78, 5) is 0. The maximum atomic E-state index is 13.0. The second kappa shape index (κ2) is 5.49. The lowest BCUT2D eigenvalue weighted by atomic mass is 10.1. The molecule has 0 aromatic heterocycles. The van der Waals surface area contributed by atoms with E-state index >= 15 is 0 Å². The van der Waals surface area contributed by atoms with E-state index in [2.05, 4.69) is 52.2 Å². The molecule has 0 heterocycles. The Morgan fingerprint density at radius 3 is 2.47 bits per heavy atom. The first kappa shape index (κ1) is 12.9. The highest BCUT2D eigenvalue weighted by molar-refractivity contribution is 14.1. The number of benzene rings is 2. The smallest absolute Gasteiger partial charge is 0.124 e. The topological polar surface area (TPSA) is 12.0 Å². The normalized spacial score (nSPS) is 14.4. The van der Waals surface area contributed by atoms with Gasteiger partial charge in [-0.05, 0) is 70.7 Å². The fourth-order valence-electron chi connectivity index (χ4n) is 2.15. The minimum absolute atomic E-state index is 0.191. The quantitative estimate of drug-likeness (QED) is 0.757. The van der Waals surface area contributed by atoms with Crippen molar-refractivity contribution in [1.29, 1.82) is 0 Å². The van der Waals surface area contributed by atoms with Crippen LogP contribution in [0.15, 0.2) is 42.5 Å². The second-order valence-electron chi connectivity index (χ2n) is 4.99. The van der Waals surface area contributed by atoms with Gasteiger partial charge in [-0.2, -0.15) is 0 Å². The summed E-state index contributed by atoms with van der Waals surface area (Å²) >= 11 is 2.15. The molecule has 0 saturated heterocycles. The molecule has 2 aromatic rings. The van der Waals surface area contributed by atoms with E-state index in [1.807, 2.05) is 0 Å². The lowest BCUT2D eigenvalue weighted by molar-refractivity contribution is 0.627. The van der Waals surface area contributed by atoms with E-state index in [1.54, 1.807) is 12.1 Å². The maximum absolute atomic E-state index is 13.0. The summed E-state index contributed by atoms with van der Waals surface area (Å²) in [6.45, 7) is 0.770. The van der Waals surface area contributed by atoms with Crippen molar-refractivity contribution in [3.05, 3.63) is 63.0 Å². The molecule has 19 heavy (non-hydrogen) atoms. The Balaban J connectivity index is 1.64. The van der Waals surface area contributed by atoms with E-state index in [-0.39, 0.29) is 5.82 Å². The number of hydrogen-bond donors (Lipinski definition) is 1. The number of anilines is 1. The summed E-state index contributed by atoms with van der Waals surface area (Å²) in [7, 11) is 0. The Morgan fingerprint density at radius 1 is 1.11 bits per heavy atom. The number of hydrogen-bond acceptors (Lipinski definition) is 1. The molecule has 0 amide bonds. The first-order chi connectivity index (χ1) is 9.22. The fraction of sp³-hybridized carbons (Fsp3) is 0.250. The zero-order valence-electron chi connectivity index (χ0n) is 10.5. The molecular weight excluding hydrogens is 352 g/mol. The van der Waals surface area contributed by atoms with Crippen LogP contribution in [0.2, 0.25) is 0 Å². The molecule has 3 rings (SSSR count). The number of halogens is 2. The molecule has 1 saturated carbocycles. The predicted molar refractivity (Wildman–Crippen MR) is 84.9 cm³/mol. The second-order valence-corrected chi connectivity index (χ2v) is 6.16. The van der Waals surface area contributed by atoms with Crippen LogP contribution in [0, 0.1) is 9.39 Å². The van der Waals surface area contributed by atoms with Gasteiger partial charge in [0.2, 0.25) is 0 Å². The molecule has 0 aliphatic heterocycles. The van der Waals surface area contributed by atoms with Crippen LogP contribution in [0.25, 0.3) is 0 Å². The average Bonchev–Trinajstić information content (AvgIpc) is 3.23. The molecule has 1 nitrogen and oxygen atoms in total. The van der Waals surface area contributed by atoms with Crippen molar-refractivity contribution in [1.82, 2.24) is 0 Å². The molecule has 1 aliphatic carbocycles. The number of rotatable bonds is 4. The third kappa shape index (κ3) is 3.26. The molecule has 0 bridgehead atoms. The monoisotopic (exact) mass is 367 g/mol. The molecule has 0 spiro atoms. The molecule has 1 N–H and O–H groups in total. The van der Waals surface area contributed by atoms with Gasteiger partial charge in [-0.1, -0.05) is 24.3 Å². The molecular formula is C16H15FIN. The van der Waals surface area contributed by atoms with Crippen molar-refractivity contribution >= 4 is 28.3 Å². The summed E-state index contributed by atoms with van der Waals surface area (Å²) in [5, 5.41) is 3.35. The average molecular weight is 367 g/mol. The molecule has 0 unspecified atom stereocenters. The van der Waals surface area contributed by atoms with Crippen LogP contribution in [0.5, 0.6) is 0 Å². The van der Waals surface area contributed by atoms with Crippen molar-refractivity contribution in [3.8, 4) is 0 Å². The van der Waals surface area contributed by atoms with Crippen LogP contribution < -0.4 is 5.32 Å². The SMILES string of the molecule is Fc1ccc(NCc2ccc(C3CC3)cc2)c(I)c1. The van der Waals surface area contributed by atoms with Crippen LogP contribution >= 0.6 is 22.6 Å². The molecule has 3 heteroatoms. The highest BCUT2D eigenvalue weighted by Crippen LogP contribution is 2.39. The molecule has 2 aromatic carbocycles. The third-order valence-electron chi connectivity index (χ3n) is 3.44. The van der Waals surface area contributed by atoms with E-state index in [4.69, 9.17) is 0 Å². The standard InChI is InChI=1S/C16H15FIN/c17-14-7-8-16(15(18)9-14)19-10-11-1-3-12(4-2-11)13-5-6-13/h1-4,7-9,13,19H,5-6,10H2. The summed E-state index contributed by atoms with van der Waals surface area (Å²) in [6, 6.07) is 13.6. The van der Waals surface area contributed by atoms with Crippen LogP contribution in [-0.4, -0.2) is 0 Å². The molecule has 0 atom stereocenters. The van der Waals surface area contributed by atoms with E-state index in [1.165, 1.54) is 30.0 Å². The maximum Gasteiger partial charge on any atom is 0.124 e. The Bertz CT molecular complexity index is 576. The van der Waals surface area contributed by atoms with Crippen molar-refractivity contribution < 1.29 is 4.39 Å². The first-order valence-electron chi connectivity index (χ1n) is 6.50. The minimum Gasteiger partial charge on any atom is -0.380 e. The van der Waals surface area contributed by atoms with E-state index in [0.717, 1.165) is 21.7 Å². The lowest BCUT2D eigenvalue weighted by Gasteiger charge is -2.09. The lowest BCUT2D eigenvalue weighted by Crippen LogP contribution is -2.01. The minimum atomic E-state index is -0.191. The van der Waals surface area contributed by atoms with Crippen molar-refractivity contribution in [2.24, 2.45) is 0 Å².